The number of nitrogens with two attached hydrogens (primary N) is 1. The third-order valence-electron chi connectivity index (χ3n) is 6.50. The molecule has 0 radical (unpaired) electrons. The molecule has 1 unspecified atom stereocenters. The van der Waals surface area contributed by atoms with Gasteiger partial charge in [-0.05, 0) is 70.2 Å². The molecule has 198 valence electrons. The zero-order valence-electron chi connectivity index (χ0n) is 22.3. The second-order valence-electron chi connectivity index (χ2n) is 10.3. The Morgan fingerprint density at radius 2 is 2.03 bits per heavy atom. The highest BCUT2D eigenvalue weighted by molar-refractivity contribution is 5.82. The Labute approximate surface area is 219 Å². The first-order valence-corrected chi connectivity index (χ1v) is 13.2. The molecule has 1 aromatic heterocycles. The number of urea groups is 1. The van der Waals surface area contributed by atoms with Crippen LogP contribution in [-0.2, 0) is 11.2 Å². The maximum atomic E-state index is 12.9. The highest BCUT2D eigenvalue weighted by Gasteiger charge is 2.33. The third-order valence-corrected chi connectivity index (χ3v) is 6.50. The molecule has 2 aromatic rings. The van der Waals surface area contributed by atoms with Crippen molar-refractivity contribution in [1.82, 2.24) is 20.2 Å². The van der Waals surface area contributed by atoms with E-state index >= 15 is 0 Å². The Hall–Kier alpha value is -3.46. The first-order valence-electron chi connectivity index (χ1n) is 13.2. The van der Waals surface area contributed by atoms with Crippen molar-refractivity contribution in [2.45, 2.75) is 77.7 Å². The summed E-state index contributed by atoms with van der Waals surface area (Å²) in [6.07, 6.45) is 9.27. The molecule has 2 aliphatic rings. The van der Waals surface area contributed by atoms with Gasteiger partial charge in [0.2, 0.25) is 5.95 Å². The SMILES string of the molecule is CC(C)N=CC(=CN)Nc1nccc(-c2ccc3c(c2)CCCCC3NC(=O)N2CC(OC(C)C)C2)n1. The van der Waals surface area contributed by atoms with E-state index in [4.69, 9.17) is 15.5 Å². The lowest BCUT2D eigenvalue weighted by atomic mass is 9.95. The van der Waals surface area contributed by atoms with Gasteiger partial charge in [-0.1, -0.05) is 18.6 Å². The number of hydrogen-bond acceptors (Lipinski definition) is 7. The van der Waals surface area contributed by atoms with Crippen LogP contribution in [0.3, 0.4) is 0 Å². The quantitative estimate of drug-likeness (QED) is 0.361. The van der Waals surface area contributed by atoms with Crippen LogP contribution in [0.5, 0.6) is 0 Å². The number of aromatic nitrogens is 2. The maximum Gasteiger partial charge on any atom is 0.318 e. The van der Waals surface area contributed by atoms with Crippen LogP contribution in [0.25, 0.3) is 11.3 Å². The van der Waals surface area contributed by atoms with Gasteiger partial charge in [0.15, 0.2) is 0 Å². The van der Waals surface area contributed by atoms with Crippen LogP contribution in [0.15, 0.2) is 47.4 Å². The minimum Gasteiger partial charge on any atom is -0.403 e. The highest BCUT2D eigenvalue weighted by atomic mass is 16.5. The van der Waals surface area contributed by atoms with E-state index in [1.54, 1.807) is 12.4 Å². The van der Waals surface area contributed by atoms with E-state index in [2.05, 4.69) is 38.8 Å². The van der Waals surface area contributed by atoms with Gasteiger partial charge < -0.3 is 26.0 Å². The Bertz CT molecular complexity index is 1140. The largest absolute Gasteiger partial charge is 0.403 e. The topological polar surface area (TPSA) is 118 Å². The van der Waals surface area contributed by atoms with Gasteiger partial charge in [0.1, 0.15) is 0 Å². The van der Waals surface area contributed by atoms with E-state index in [1.807, 2.05) is 38.7 Å². The fourth-order valence-electron chi connectivity index (χ4n) is 4.66. The van der Waals surface area contributed by atoms with Crippen LogP contribution in [0, 0.1) is 0 Å². The summed E-state index contributed by atoms with van der Waals surface area (Å²) in [5, 5.41) is 6.41. The minimum absolute atomic E-state index is 0.00392. The first-order chi connectivity index (χ1) is 17.8. The zero-order chi connectivity index (χ0) is 26.4. The summed E-state index contributed by atoms with van der Waals surface area (Å²) in [6, 6.07) is 8.46. The Kier molecular flexibility index (Phi) is 8.76. The average Bonchev–Trinajstić information content (AvgIpc) is 3.05. The summed E-state index contributed by atoms with van der Waals surface area (Å²) in [6.45, 7) is 9.34. The Morgan fingerprint density at radius 3 is 2.76 bits per heavy atom. The molecule has 0 bridgehead atoms. The van der Waals surface area contributed by atoms with Gasteiger partial charge in [-0.2, -0.15) is 0 Å². The number of rotatable bonds is 8. The summed E-state index contributed by atoms with van der Waals surface area (Å²) in [7, 11) is 0. The molecular weight excluding hydrogens is 466 g/mol. The average molecular weight is 506 g/mol. The molecule has 37 heavy (non-hydrogen) atoms. The molecule has 1 saturated heterocycles. The summed E-state index contributed by atoms with van der Waals surface area (Å²) in [5.41, 5.74) is 10.7. The standard InChI is InChI=1S/C28H39N7O2/c1-18(2)31-15-22(14-29)32-27-30-12-11-25(33-27)21-9-10-24-20(13-21)7-5-6-8-26(24)34-28(36)35-16-23(17-35)37-19(3)4/h9-15,18-19,23,26H,5-8,16-17,29H2,1-4H3,(H,34,36)(H,30,32,33). The van der Waals surface area contributed by atoms with E-state index in [1.165, 1.54) is 17.3 Å². The van der Waals surface area contributed by atoms with Crippen molar-refractivity contribution in [3.63, 3.8) is 0 Å². The predicted molar refractivity (Wildman–Crippen MR) is 147 cm³/mol. The monoisotopic (exact) mass is 505 g/mol. The molecule has 4 rings (SSSR count). The molecule has 1 aromatic carbocycles. The number of nitrogens with zero attached hydrogens (tertiary/aromatic N) is 4. The maximum absolute atomic E-state index is 12.9. The third kappa shape index (κ3) is 7.07. The van der Waals surface area contributed by atoms with Crippen molar-refractivity contribution in [3.05, 3.63) is 53.5 Å². The molecule has 4 N–H and O–H groups in total. The predicted octanol–water partition coefficient (Wildman–Crippen LogP) is 4.42. The number of fused-ring (bicyclic) bond motifs is 1. The van der Waals surface area contributed by atoms with E-state index in [0.717, 1.165) is 36.9 Å². The Balaban J connectivity index is 1.46. The lowest BCUT2D eigenvalue weighted by Gasteiger charge is -2.40. The van der Waals surface area contributed by atoms with Crippen LogP contribution in [0.4, 0.5) is 10.7 Å². The molecular formula is C28H39N7O2. The van der Waals surface area contributed by atoms with Crippen molar-refractivity contribution in [3.8, 4) is 11.3 Å². The molecule has 1 fully saturated rings. The van der Waals surface area contributed by atoms with Gasteiger partial charge in [-0.25, -0.2) is 14.8 Å². The molecule has 1 atom stereocenters. The van der Waals surface area contributed by atoms with Crippen LogP contribution >= 0.6 is 0 Å². The first kappa shape index (κ1) is 26.6. The van der Waals surface area contributed by atoms with Crippen LogP contribution < -0.4 is 16.4 Å². The van der Waals surface area contributed by atoms with E-state index in [0.29, 0.717) is 24.7 Å². The lowest BCUT2D eigenvalue weighted by Crippen LogP contribution is -2.58. The van der Waals surface area contributed by atoms with Crippen LogP contribution in [-0.4, -0.2) is 58.5 Å². The fraction of sp³-hybridized carbons (Fsp3) is 0.500. The lowest BCUT2D eigenvalue weighted by molar-refractivity contribution is -0.0644. The van der Waals surface area contributed by atoms with Gasteiger partial charge >= 0.3 is 6.03 Å². The minimum atomic E-state index is -0.0122. The second kappa shape index (κ2) is 12.2. The number of carbonyl (C=O) groups is 1. The zero-order valence-corrected chi connectivity index (χ0v) is 22.3. The number of ether oxygens (including phenoxy) is 1. The molecule has 9 nitrogen and oxygen atoms in total. The van der Waals surface area contributed by atoms with E-state index in [9.17, 15) is 4.79 Å². The van der Waals surface area contributed by atoms with Gasteiger partial charge in [0.25, 0.3) is 0 Å². The van der Waals surface area contributed by atoms with Crippen molar-refractivity contribution in [1.29, 1.82) is 0 Å². The fourth-order valence-corrected chi connectivity index (χ4v) is 4.66. The molecule has 2 heterocycles. The summed E-state index contributed by atoms with van der Waals surface area (Å²) in [4.78, 5) is 28.1. The Morgan fingerprint density at radius 1 is 1.22 bits per heavy atom. The molecule has 9 heteroatoms. The van der Waals surface area contributed by atoms with Crippen molar-refractivity contribution >= 4 is 18.2 Å². The number of carbonyl (C=O) groups excluding carboxylic acids is 1. The summed E-state index contributed by atoms with van der Waals surface area (Å²) >= 11 is 0. The van der Waals surface area contributed by atoms with E-state index in [-0.39, 0.29) is 30.3 Å². The van der Waals surface area contributed by atoms with Crippen molar-refractivity contribution < 1.29 is 9.53 Å². The number of hydrogen-bond donors (Lipinski definition) is 3. The van der Waals surface area contributed by atoms with Gasteiger partial charge in [-0.15, -0.1) is 0 Å². The van der Waals surface area contributed by atoms with Crippen molar-refractivity contribution in [2.75, 3.05) is 18.4 Å². The number of allylic oxidation sites excluding steroid dienone is 1. The van der Waals surface area contributed by atoms with Gasteiger partial charge in [0, 0.05) is 30.2 Å². The second-order valence-corrected chi connectivity index (χ2v) is 10.3. The molecule has 2 amide bonds. The van der Waals surface area contributed by atoms with Crippen LogP contribution in [0.2, 0.25) is 0 Å². The number of likely N-dealkylation sites (tertiary alicyclic amines) is 1. The highest BCUT2D eigenvalue weighted by Crippen LogP contribution is 2.32. The smallest absolute Gasteiger partial charge is 0.318 e. The molecule has 1 aliphatic carbocycles. The number of benzene rings is 1. The van der Waals surface area contributed by atoms with Crippen molar-refractivity contribution in [2.24, 2.45) is 10.7 Å². The normalized spacial score (nSPS) is 18.6. The summed E-state index contributed by atoms with van der Waals surface area (Å²) in [5.74, 6) is 0.457. The number of anilines is 1. The molecule has 0 saturated carbocycles. The molecule has 1 aliphatic heterocycles. The van der Waals surface area contributed by atoms with Crippen LogP contribution in [0.1, 0.15) is 64.1 Å². The number of aryl methyl sites for hydroxylation is 1. The summed E-state index contributed by atoms with van der Waals surface area (Å²) < 4.78 is 5.79. The van der Waals surface area contributed by atoms with E-state index < -0.39 is 0 Å². The van der Waals surface area contributed by atoms with Gasteiger partial charge in [-0.3, -0.25) is 4.99 Å². The number of aliphatic imine (C=N–C) groups is 1. The molecule has 0 spiro atoms. The number of nitrogens with one attached hydrogen (secondary N) is 2. The number of amides is 2. The van der Waals surface area contributed by atoms with Gasteiger partial charge in [0.05, 0.1) is 42.7 Å².